The van der Waals surface area contributed by atoms with Crippen LogP contribution in [0.15, 0.2) is 0 Å². The van der Waals surface area contributed by atoms with E-state index in [-0.39, 0.29) is 12.2 Å². The number of aliphatic hydroxyl groups excluding tert-OH is 2. The maximum atomic E-state index is 9.75. The van der Waals surface area contributed by atoms with Crippen molar-refractivity contribution in [2.45, 2.75) is 52.6 Å². The van der Waals surface area contributed by atoms with Crippen LogP contribution in [0.3, 0.4) is 0 Å². The molecule has 1 atom stereocenters. The van der Waals surface area contributed by atoms with Gasteiger partial charge in [0, 0.05) is 18.4 Å². The highest BCUT2D eigenvalue weighted by Gasteiger charge is 2.26. The number of hydrogen-bond acceptors (Lipinski definition) is 6. The Hall–Kier alpha value is -0.240. The van der Waals surface area contributed by atoms with Gasteiger partial charge in [-0.15, -0.1) is 0 Å². The van der Waals surface area contributed by atoms with Crippen LogP contribution < -0.4 is 0 Å². The van der Waals surface area contributed by atoms with Gasteiger partial charge in [0.15, 0.2) is 12.6 Å². The van der Waals surface area contributed by atoms with Crippen LogP contribution in [0.1, 0.15) is 40.0 Å². The normalized spacial score (nSPS) is 14.1. The van der Waals surface area contributed by atoms with Gasteiger partial charge in [-0.1, -0.05) is 20.8 Å². The van der Waals surface area contributed by atoms with E-state index in [1.54, 1.807) is 0 Å². The molecule has 0 radical (unpaired) electrons. The van der Waals surface area contributed by atoms with Gasteiger partial charge >= 0.3 is 0 Å². The molecule has 6 heteroatoms. The number of rotatable bonds is 12. The van der Waals surface area contributed by atoms with Gasteiger partial charge in [0.2, 0.25) is 0 Å². The summed E-state index contributed by atoms with van der Waals surface area (Å²) in [6, 6.07) is 0. The SMILES string of the molecule is CCC(C)(C)C(O)OCCOCOCCCC(O)O. The molecule has 0 aliphatic carbocycles. The van der Waals surface area contributed by atoms with Crippen molar-refractivity contribution in [1.82, 2.24) is 0 Å². The molecule has 0 aromatic carbocycles. The van der Waals surface area contributed by atoms with Crippen molar-refractivity contribution < 1.29 is 29.5 Å². The number of aliphatic hydroxyl groups is 3. The second kappa shape index (κ2) is 10.5. The minimum absolute atomic E-state index is 0.137. The van der Waals surface area contributed by atoms with Crippen LogP contribution in [-0.4, -0.2) is 54.5 Å². The molecule has 0 amide bonds. The predicted octanol–water partition coefficient (Wildman–Crippen LogP) is 0.839. The molecular formula is C13H28O6. The summed E-state index contributed by atoms with van der Waals surface area (Å²) >= 11 is 0. The highest BCUT2D eigenvalue weighted by atomic mass is 16.7. The maximum Gasteiger partial charge on any atom is 0.159 e. The van der Waals surface area contributed by atoms with E-state index < -0.39 is 12.6 Å². The third-order valence-corrected chi connectivity index (χ3v) is 3.00. The minimum atomic E-state index is -1.28. The average Bonchev–Trinajstić information content (AvgIpc) is 2.36. The first-order valence-electron chi connectivity index (χ1n) is 6.71. The summed E-state index contributed by atoms with van der Waals surface area (Å²) in [5, 5.41) is 26.9. The highest BCUT2D eigenvalue weighted by molar-refractivity contribution is 4.69. The maximum absolute atomic E-state index is 9.75. The van der Waals surface area contributed by atoms with E-state index in [4.69, 9.17) is 24.4 Å². The van der Waals surface area contributed by atoms with Gasteiger partial charge in [-0.3, -0.25) is 0 Å². The van der Waals surface area contributed by atoms with Crippen molar-refractivity contribution in [3.8, 4) is 0 Å². The van der Waals surface area contributed by atoms with Crippen LogP contribution in [0.4, 0.5) is 0 Å². The summed E-state index contributed by atoms with van der Waals surface area (Å²) in [5.41, 5.74) is -0.262. The van der Waals surface area contributed by atoms with Crippen molar-refractivity contribution in [1.29, 1.82) is 0 Å². The summed E-state index contributed by atoms with van der Waals surface area (Å²) < 4.78 is 15.5. The van der Waals surface area contributed by atoms with E-state index in [1.165, 1.54) is 0 Å². The third-order valence-electron chi connectivity index (χ3n) is 3.00. The Morgan fingerprint density at radius 1 is 1.00 bits per heavy atom. The summed E-state index contributed by atoms with van der Waals surface area (Å²) in [6.45, 7) is 7.10. The quantitative estimate of drug-likeness (QED) is 0.363. The summed E-state index contributed by atoms with van der Waals surface area (Å²) in [5.74, 6) is 0. The molecule has 3 N–H and O–H groups in total. The van der Waals surface area contributed by atoms with E-state index in [1.807, 2.05) is 20.8 Å². The predicted molar refractivity (Wildman–Crippen MR) is 70.3 cm³/mol. The molecule has 0 fully saturated rings. The zero-order valence-corrected chi connectivity index (χ0v) is 12.2. The first-order chi connectivity index (χ1) is 8.90. The Balaban J connectivity index is 3.32. The minimum Gasteiger partial charge on any atom is -0.368 e. The van der Waals surface area contributed by atoms with Gasteiger partial charge in [-0.2, -0.15) is 0 Å². The second-order valence-electron chi connectivity index (χ2n) is 5.12. The molecule has 0 saturated heterocycles. The molecule has 0 aliphatic rings. The highest BCUT2D eigenvalue weighted by Crippen LogP contribution is 2.25. The first kappa shape index (κ1) is 18.8. The Bertz CT molecular complexity index is 207. The van der Waals surface area contributed by atoms with Crippen molar-refractivity contribution in [3.63, 3.8) is 0 Å². The zero-order valence-electron chi connectivity index (χ0n) is 12.2. The van der Waals surface area contributed by atoms with Gasteiger partial charge < -0.3 is 29.5 Å². The van der Waals surface area contributed by atoms with Gasteiger partial charge in [0.25, 0.3) is 0 Å². The fourth-order valence-electron chi connectivity index (χ4n) is 1.16. The standard InChI is InChI=1S/C13H28O6/c1-4-13(2,3)12(16)19-9-8-18-10-17-7-5-6-11(14)15/h11-12,14-16H,4-10H2,1-3H3. The Kier molecular flexibility index (Phi) is 10.4. The fraction of sp³-hybridized carbons (Fsp3) is 1.00. The fourth-order valence-corrected chi connectivity index (χ4v) is 1.16. The molecule has 0 bridgehead atoms. The lowest BCUT2D eigenvalue weighted by atomic mass is 9.90. The molecule has 0 saturated carbocycles. The Morgan fingerprint density at radius 2 is 1.63 bits per heavy atom. The topological polar surface area (TPSA) is 88.4 Å². The van der Waals surface area contributed by atoms with Crippen molar-refractivity contribution in [2.24, 2.45) is 5.41 Å². The van der Waals surface area contributed by atoms with Crippen molar-refractivity contribution >= 4 is 0 Å². The molecule has 19 heavy (non-hydrogen) atoms. The zero-order chi connectivity index (χ0) is 14.7. The smallest absolute Gasteiger partial charge is 0.159 e. The molecule has 0 heterocycles. The molecule has 0 aliphatic heterocycles. The van der Waals surface area contributed by atoms with Gasteiger partial charge in [0.05, 0.1) is 13.2 Å². The monoisotopic (exact) mass is 280 g/mol. The van der Waals surface area contributed by atoms with Crippen LogP contribution in [0, 0.1) is 5.41 Å². The first-order valence-corrected chi connectivity index (χ1v) is 6.71. The van der Waals surface area contributed by atoms with Gasteiger partial charge in [0.1, 0.15) is 6.79 Å². The molecule has 0 spiro atoms. The second-order valence-corrected chi connectivity index (χ2v) is 5.12. The van der Waals surface area contributed by atoms with Crippen LogP contribution in [-0.2, 0) is 14.2 Å². The van der Waals surface area contributed by atoms with E-state index in [0.717, 1.165) is 6.42 Å². The lowest BCUT2D eigenvalue weighted by molar-refractivity contribution is -0.178. The Labute approximate surface area is 115 Å². The summed E-state index contributed by atoms with van der Waals surface area (Å²) in [7, 11) is 0. The largest absolute Gasteiger partial charge is 0.368 e. The average molecular weight is 280 g/mol. The molecule has 0 aromatic heterocycles. The van der Waals surface area contributed by atoms with Crippen LogP contribution in [0.25, 0.3) is 0 Å². The molecular weight excluding hydrogens is 252 g/mol. The van der Waals surface area contributed by atoms with Gasteiger partial charge in [-0.05, 0) is 12.8 Å². The summed E-state index contributed by atoms with van der Waals surface area (Å²) in [6.07, 6.45) is -0.383. The van der Waals surface area contributed by atoms with E-state index >= 15 is 0 Å². The molecule has 0 aromatic rings. The molecule has 116 valence electrons. The van der Waals surface area contributed by atoms with E-state index in [9.17, 15) is 5.11 Å². The van der Waals surface area contributed by atoms with Crippen molar-refractivity contribution in [2.75, 3.05) is 26.6 Å². The van der Waals surface area contributed by atoms with E-state index in [0.29, 0.717) is 32.7 Å². The van der Waals surface area contributed by atoms with Crippen LogP contribution in [0.2, 0.25) is 0 Å². The number of ether oxygens (including phenoxy) is 3. The lowest BCUT2D eigenvalue weighted by Gasteiger charge is -2.28. The summed E-state index contributed by atoms with van der Waals surface area (Å²) in [4.78, 5) is 0. The van der Waals surface area contributed by atoms with Crippen molar-refractivity contribution in [3.05, 3.63) is 0 Å². The Morgan fingerprint density at radius 3 is 2.21 bits per heavy atom. The van der Waals surface area contributed by atoms with Gasteiger partial charge in [-0.25, -0.2) is 0 Å². The molecule has 1 unspecified atom stereocenters. The van der Waals surface area contributed by atoms with Crippen LogP contribution in [0.5, 0.6) is 0 Å². The number of hydrogen-bond donors (Lipinski definition) is 3. The van der Waals surface area contributed by atoms with Crippen LogP contribution >= 0.6 is 0 Å². The molecule has 6 nitrogen and oxygen atoms in total. The lowest BCUT2D eigenvalue weighted by Crippen LogP contribution is -2.32. The van der Waals surface area contributed by atoms with E-state index in [2.05, 4.69) is 0 Å². The third kappa shape index (κ3) is 10.2. The molecule has 0 rings (SSSR count).